The molecule has 0 unspecified atom stereocenters. The average Bonchev–Trinajstić information content (AvgIpc) is 2.65. The molecule has 4 heteroatoms. The van der Waals surface area contributed by atoms with E-state index in [2.05, 4.69) is 31.2 Å². The highest BCUT2D eigenvalue weighted by molar-refractivity contribution is 5.41. The first kappa shape index (κ1) is 13.5. The summed E-state index contributed by atoms with van der Waals surface area (Å²) in [4.78, 5) is 12.2. The molecule has 0 spiro atoms. The van der Waals surface area contributed by atoms with Crippen molar-refractivity contribution in [3.8, 4) is 0 Å². The van der Waals surface area contributed by atoms with Crippen molar-refractivity contribution in [1.82, 2.24) is 9.36 Å². The van der Waals surface area contributed by atoms with Crippen molar-refractivity contribution < 1.29 is 0 Å². The maximum atomic E-state index is 12.2. The molecular formula is C15H21N3O. The molecule has 0 bridgehead atoms. The molecule has 19 heavy (non-hydrogen) atoms. The van der Waals surface area contributed by atoms with E-state index in [1.54, 1.807) is 4.68 Å². The quantitative estimate of drug-likeness (QED) is 0.915. The smallest absolute Gasteiger partial charge is 0.290 e. The van der Waals surface area contributed by atoms with E-state index in [0.29, 0.717) is 12.2 Å². The number of anilines is 1. The van der Waals surface area contributed by atoms with Crippen molar-refractivity contribution >= 4 is 5.69 Å². The average molecular weight is 259 g/mol. The lowest BCUT2D eigenvalue weighted by molar-refractivity contribution is 0.474. The lowest BCUT2D eigenvalue weighted by Crippen LogP contribution is -2.24. The monoisotopic (exact) mass is 259 g/mol. The van der Waals surface area contributed by atoms with Crippen LogP contribution in [0.2, 0.25) is 0 Å². The van der Waals surface area contributed by atoms with Gasteiger partial charge in [0.15, 0.2) is 0 Å². The summed E-state index contributed by atoms with van der Waals surface area (Å²) < 4.78 is 3.72. The van der Waals surface area contributed by atoms with Gasteiger partial charge in [-0.3, -0.25) is 9.48 Å². The molecule has 0 radical (unpaired) electrons. The SMILES string of the molecule is CCc1c(N)c(=O)n(Cc2ccc(C)cc2)n1CC. The van der Waals surface area contributed by atoms with E-state index in [-0.39, 0.29) is 5.56 Å². The predicted octanol–water partition coefficient (Wildman–Crippen LogP) is 2.17. The Balaban J connectivity index is 2.45. The summed E-state index contributed by atoms with van der Waals surface area (Å²) >= 11 is 0. The number of hydrogen-bond acceptors (Lipinski definition) is 2. The predicted molar refractivity (Wildman–Crippen MR) is 78.4 cm³/mol. The van der Waals surface area contributed by atoms with Gasteiger partial charge in [-0.1, -0.05) is 36.8 Å². The maximum Gasteiger partial charge on any atom is 0.290 e. The second kappa shape index (κ2) is 5.34. The molecule has 1 heterocycles. The molecule has 2 aromatic rings. The third kappa shape index (κ3) is 2.43. The molecule has 2 N–H and O–H groups in total. The summed E-state index contributed by atoms with van der Waals surface area (Å²) in [5.41, 5.74) is 9.48. The Kier molecular flexibility index (Phi) is 3.79. The van der Waals surface area contributed by atoms with Gasteiger partial charge in [0.05, 0.1) is 12.2 Å². The van der Waals surface area contributed by atoms with Gasteiger partial charge in [0, 0.05) is 6.54 Å². The molecule has 2 rings (SSSR count). The van der Waals surface area contributed by atoms with Crippen LogP contribution in [-0.4, -0.2) is 9.36 Å². The Bertz CT molecular complexity index is 620. The molecule has 102 valence electrons. The molecule has 1 aromatic heterocycles. The van der Waals surface area contributed by atoms with E-state index in [1.807, 2.05) is 18.5 Å². The van der Waals surface area contributed by atoms with Gasteiger partial charge in [-0.15, -0.1) is 0 Å². The second-order valence-corrected chi connectivity index (χ2v) is 4.78. The van der Waals surface area contributed by atoms with Crippen LogP contribution in [0.1, 0.15) is 30.7 Å². The Labute approximate surface area is 113 Å². The standard InChI is InChI=1S/C15H21N3O/c1-4-13-14(16)15(19)18(17(13)5-2)10-12-8-6-11(3)7-9-12/h6-9H,4-5,10,16H2,1-3H3. The number of nitrogens with zero attached hydrogens (tertiary/aromatic N) is 2. The van der Waals surface area contributed by atoms with Gasteiger partial charge in [0.1, 0.15) is 5.69 Å². The van der Waals surface area contributed by atoms with E-state index in [0.717, 1.165) is 24.2 Å². The highest BCUT2D eigenvalue weighted by Gasteiger charge is 2.15. The first-order valence-electron chi connectivity index (χ1n) is 6.72. The molecule has 0 aliphatic heterocycles. The van der Waals surface area contributed by atoms with Crippen LogP contribution in [-0.2, 0) is 19.5 Å². The highest BCUT2D eigenvalue weighted by Crippen LogP contribution is 2.12. The normalized spacial score (nSPS) is 10.9. The molecular weight excluding hydrogens is 238 g/mol. The fraction of sp³-hybridized carbons (Fsp3) is 0.400. The summed E-state index contributed by atoms with van der Waals surface area (Å²) in [5.74, 6) is 0. The molecule has 0 fully saturated rings. The van der Waals surface area contributed by atoms with Crippen molar-refractivity contribution in [2.24, 2.45) is 0 Å². The minimum atomic E-state index is -0.0840. The zero-order valence-corrected chi connectivity index (χ0v) is 11.8. The van der Waals surface area contributed by atoms with Gasteiger partial charge in [0.25, 0.3) is 5.56 Å². The largest absolute Gasteiger partial charge is 0.393 e. The Morgan fingerprint density at radius 1 is 1.11 bits per heavy atom. The number of benzene rings is 1. The summed E-state index contributed by atoms with van der Waals surface area (Å²) in [5, 5.41) is 0. The van der Waals surface area contributed by atoms with Crippen molar-refractivity contribution in [3.05, 3.63) is 51.4 Å². The van der Waals surface area contributed by atoms with Crippen LogP contribution in [0.15, 0.2) is 29.1 Å². The van der Waals surface area contributed by atoms with Gasteiger partial charge in [-0.25, -0.2) is 4.68 Å². The van der Waals surface area contributed by atoms with Crippen molar-refractivity contribution in [2.45, 2.75) is 40.3 Å². The Hall–Kier alpha value is -1.97. The number of rotatable bonds is 4. The minimum absolute atomic E-state index is 0.0840. The summed E-state index contributed by atoms with van der Waals surface area (Å²) in [6, 6.07) is 8.22. The van der Waals surface area contributed by atoms with Gasteiger partial charge in [-0.05, 0) is 25.8 Å². The number of hydrogen-bond donors (Lipinski definition) is 1. The highest BCUT2D eigenvalue weighted by atomic mass is 16.1. The first-order chi connectivity index (χ1) is 9.08. The van der Waals surface area contributed by atoms with Crippen LogP contribution in [0.3, 0.4) is 0 Å². The van der Waals surface area contributed by atoms with E-state index in [1.165, 1.54) is 5.56 Å². The number of nitrogens with two attached hydrogens (primary N) is 1. The van der Waals surface area contributed by atoms with Crippen LogP contribution in [0.4, 0.5) is 5.69 Å². The molecule has 4 nitrogen and oxygen atoms in total. The van der Waals surface area contributed by atoms with Crippen LogP contribution < -0.4 is 11.3 Å². The van der Waals surface area contributed by atoms with Crippen LogP contribution in [0, 0.1) is 6.92 Å². The third-order valence-electron chi connectivity index (χ3n) is 3.47. The van der Waals surface area contributed by atoms with Crippen molar-refractivity contribution in [3.63, 3.8) is 0 Å². The fourth-order valence-corrected chi connectivity index (χ4v) is 2.41. The number of nitrogen functional groups attached to an aromatic ring is 1. The van der Waals surface area contributed by atoms with Crippen LogP contribution in [0.25, 0.3) is 0 Å². The van der Waals surface area contributed by atoms with Gasteiger partial charge in [-0.2, -0.15) is 0 Å². The van der Waals surface area contributed by atoms with Crippen LogP contribution in [0.5, 0.6) is 0 Å². The molecule has 0 amide bonds. The summed E-state index contributed by atoms with van der Waals surface area (Å²) in [7, 11) is 0. The molecule has 0 aliphatic rings. The number of aromatic nitrogens is 2. The van der Waals surface area contributed by atoms with E-state index in [9.17, 15) is 4.79 Å². The lowest BCUT2D eigenvalue weighted by atomic mass is 10.1. The van der Waals surface area contributed by atoms with E-state index >= 15 is 0 Å². The zero-order chi connectivity index (χ0) is 14.0. The van der Waals surface area contributed by atoms with Gasteiger partial charge in [0.2, 0.25) is 0 Å². The van der Waals surface area contributed by atoms with Crippen molar-refractivity contribution in [2.75, 3.05) is 5.73 Å². The number of aryl methyl sites for hydroxylation is 1. The Morgan fingerprint density at radius 3 is 2.26 bits per heavy atom. The fourth-order valence-electron chi connectivity index (χ4n) is 2.41. The molecule has 0 aliphatic carbocycles. The molecule has 1 aromatic carbocycles. The molecule has 0 saturated carbocycles. The molecule has 0 atom stereocenters. The second-order valence-electron chi connectivity index (χ2n) is 4.78. The van der Waals surface area contributed by atoms with E-state index in [4.69, 9.17) is 5.73 Å². The van der Waals surface area contributed by atoms with Gasteiger partial charge >= 0.3 is 0 Å². The third-order valence-corrected chi connectivity index (χ3v) is 3.47. The Morgan fingerprint density at radius 2 is 1.74 bits per heavy atom. The maximum absolute atomic E-state index is 12.2. The zero-order valence-electron chi connectivity index (χ0n) is 11.8. The first-order valence-corrected chi connectivity index (χ1v) is 6.72. The lowest BCUT2D eigenvalue weighted by Gasteiger charge is -2.12. The van der Waals surface area contributed by atoms with Gasteiger partial charge < -0.3 is 5.73 Å². The van der Waals surface area contributed by atoms with E-state index < -0.39 is 0 Å². The molecule has 0 saturated heterocycles. The summed E-state index contributed by atoms with van der Waals surface area (Å²) in [6.45, 7) is 7.42. The summed E-state index contributed by atoms with van der Waals surface area (Å²) in [6.07, 6.45) is 0.774. The minimum Gasteiger partial charge on any atom is -0.393 e. The van der Waals surface area contributed by atoms with Crippen molar-refractivity contribution in [1.29, 1.82) is 0 Å². The topological polar surface area (TPSA) is 53.0 Å². The van der Waals surface area contributed by atoms with Crippen LogP contribution >= 0.6 is 0 Å².